The van der Waals surface area contributed by atoms with Crippen LogP contribution < -0.4 is 16.0 Å². The molecule has 0 aliphatic rings. The second-order valence-electron chi connectivity index (χ2n) is 4.98. The zero-order valence-electron chi connectivity index (χ0n) is 13.0. The first-order valence-electron chi connectivity index (χ1n) is 6.68. The summed E-state index contributed by atoms with van der Waals surface area (Å²) in [6.45, 7) is 5.44. The van der Waals surface area contributed by atoms with Gasteiger partial charge < -0.3 is 16.0 Å². The number of hydrogen-bond donors (Lipinski definition) is 3. The van der Waals surface area contributed by atoms with Crippen molar-refractivity contribution in [3.05, 3.63) is 17.7 Å². The van der Waals surface area contributed by atoms with Crippen molar-refractivity contribution in [3.63, 3.8) is 0 Å². The van der Waals surface area contributed by atoms with Crippen LogP contribution in [0.1, 0.15) is 33.3 Å². The van der Waals surface area contributed by atoms with Gasteiger partial charge in [-0.25, -0.2) is 0 Å². The number of rotatable bonds is 5. The molecule has 0 heterocycles. The van der Waals surface area contributed by atoms with Crippen LogP contribution in [0.5, 0.6) is 0 Å². The minimum absolute atomic E-state index is 0.0901. The summed E-state index contributed by atoms with van der Waals surface area (Å²) in [6, 6.07) is 3.09. The van der Waals surface area contributed by atoms with Gasteiger partial charge in [0.25, 0.3) is 0 Å². The van der Waals surface area contributed by atoms with E-state index in [0.29, 0.717) is 22.6 Å². The van der Waals surface area contributed by atoms with Gasteiger partial charge in [0.1, 0.15) is 5.78 Å². The van der Waals surface area contributed by atoms with Crippen molar-refractivity contribution in [3.8, 4) is 0 Å². The molecule has 7 nitrogen and oxygen atoms in total. The number of benzene rings is 1. The van der Waals surface area contributed by atoms with Crippen LogP contribution in [0.2, 0.25) is 0 Å². The average molecular weight is 305 g/mol. The van der Waals surface area contributed by atoms with Crippen molar-refractivity contribution < 1.29 is 19.2 Å². The molecule has 0 atom stereocenters. The molecule has 1 aromatic carbocycles. The molecule has 0 aliphatic carbocycles. The van der Waals surface area contributed by atoms with Crippen LogP contribution in [0.25, 0.3) is 0 Å². The fourth-order valence-electron chi connectivity index (χ4n) is 1.95. The summed E-state index contributed by atoms with van der Waals surface area (Å²) in [6.07, 6.45) is 0.0998. The zero-order valence-corrected chi connectivity index (χ0v) is 13.0. The van der Waals surface area contributed by atoms with Crippen LogP contribution in [0, 0.1) is 0 Å². The van der Waals surface area contributed by atoms with E-state index in [4.69, 9.17) is 0 Å². The van der Waals surface area contributed by atoms with Gasteiger partial charge in [-0.15, -0.1) is 0 Å². The van der Waals surface area contributed by atoms with Crippen molar-refractivity contribution in [2.24, 2.45) is 0 Å². The predicted molar refractivity (Wildman–Crippen MR) is 83.7 cm³/mol. The first kappa shape index (κ1) is 17.4. The second-order valence-corrected chi connectivity index (χ2v) is 4.98. The highest BCUT2D eigenvalue weighted by atomic mass is 16.2. The molecule has 0 spiro atoms. The maximum absolute atomic E-state index is 11.4. The van der Waals surface area contributed by atoms with Gasteiger partial charge in [-0.1, -0.05) is 0 Å². The second kappa shape index (κ2) is 7.35. The van der Waals surface area contributed by atoms with Crippen molar-refractivity contribution in [2.45, 2.75) is 34.1 Å². The minimum atomic E-state index is -0.320. The quantitative estimate of drug-likeness (QED) is 0.770. The average Bonchev–Trinajstić information content (AvgIpc) is 2.31. The number of carbonyl (C=O) groups is 4. The van der Waals surface area contributed by atoms with Gasteiger partial charge in [-0.3, -0.25) is 19.2 Å². The maximum Gasteiger partial charge on any atom is 0.221 e. The highest BCUT2D eigenvalue weighted by Crippen LogP contribution is 2.30. The summed E-state index contributed by atoms with van der Waals surface area (Å²) < 4.78 is 0. The Labute approximate surface area is 128 Å². The van der Waals surface area contributed by atoms with Gasteiger partial charge in [0.15, 0.2) is 0 Å². The minimum Gasteiger partial charge on any atom is -0.326 e. The standard InChI is InChI=1S/C15H19N3O4/c1-8(19)5-12-6-14(17-10(3)21)15(18-11(4)22)7-13(12)16-9(2)20/h6-7H,5H2,1-4H3,(H,16,20)(H,17,21)(H,18,22). The highest BCUT2D eigenvalue weighted by molar-refractivity contribution is 6.01. The number of ketones is 1. The Bertz CT molecular complexity index is 532. The molecule has 0 fully saturated rings. The summed E-state index contributed by atoms with van der Waals surface area (Å²) in [7, 11) is 0. The molecule has 3 N–H and O–H groups in total. The Kier molecular flexibility index (Phi) is 5.80. The molecule has 0 aromatic heterocycles. The van der Waals surface area contributed by atoms with Crippen molar-refractivity contribution >= 4 is 40.6 Å². The smallest absolute Gasteiger partial charge is 0.221 e. The first-order valence-corrected chi connectivity index (χ1v) is 6.68. The topological polar surface area (TPSA) is 104 Å². The Morgan fingerprint density at radius 3 is 1.55 bits per heavy atom. The van der Waals surface area contributed by atoms with E-state index < -0.39 is 0 Å². The van der Waals surface area contributed by atoms with Gasteiger partial charge in [0.05, 0.1) is 11.4 Å². The van der Waals surface area contributed by atoms with E-state index in [0.717, 1.165) is 0 Å². The van der Waals surface area contributed by atoms with Gasteiger partial charge in [-0.05, 0) is 24.6 Å². The number of nitrogens with one attached hydrogen (secondary N) is 3. The summed E-state index contributed by atoms with van der Waals surface area (Å²) >= 11 is 0. The van der Waals surface area contributed by atoms with E-state index in [1.807, 2.05) is 0 Å². The fourth-order valence-corrected chi connectivity index (χ4v) is 1.95. The zero-order chi connectivity index (χ0) is 16.9. The van der Waals surface area contributed by atoms with Crippen molar-refractivity contribution in [1.29, 1.82) is 0 Å². The number of hydrogen-bond acceptors (Lipinski definition) is 4. The monoisotopic (exact) mass is 305 g/mol. The highest BCUT2D eigenvalue weighted by Gasteiger charge is 2.14. The molecule has 0 unspecified atom stereocenters. The summed E-state index contributed by atoms with van der Waals surface area (Å²) in [4.78, 5) is 45.2. The molecule has 0 bridgehead atoms. The Morgan fingerprint density at radius 1 is 0.727 bits per heavy atom. The van der Waals surface area contributed by atoms with E-state index in [1.165, 1.54) is 33.8 Å². The van der Waals surface area contributed by atoms with Gasteiger partial charge in [-0.2, -0.15) is 0 Å². The van der Waals surface area contributed by atoms with Crippen LogP contribution >= 0.6 is 0 Å². The number of anilines is 3. The molecule has 118 valence electrons. The lowest BCUT2D eigenvalue weighted by Crippen LogP contribution is -2.15. The SMILES string of the molecule is CC(=O)Cc1cc(NC(C)=O)c(NC(C)=O)cc1NC(C)=O. The molecule has 0 saturated heterocycles. The number of Topliss-reactive ketones (excluding diaryl/α,β-unsaturated/α-hetero) is 1. The van der Waals surface area contributed by atoms with Gasteiger partial charge >= 0.3 is 0 Å². The fraction of sp³-hybridized carbons (Fsp3) is 0.333. The predicted octanol–water partition coefficient (Wildman–Crippen LogP) is 1.69. The Hall–Kier alpha value is -2.70. The van der Waals surface area contributed by atoms with E-state index in [-0.39, 0.29) is 29.9 Å². The molecule has 1 aromatic rings. The number of amides is 3. The van der Waals surface area contributed by atoms with E-state index >= 15 is 0 Å². The Morgan fingerprint density at radius 2 is 1.14 bits per heavy atom. The third-order valence-electron chi connectivity index (χ3n) is 2.61. The molecular formula is C15H19N3O4. The summed E-state index contributed by atoms with van der Waals surface area (Å²) in [5.74, 6) is -1.02. The molecule has 22 heavy (non-hydrogen) atoms. The number of carbonyl (C=O) groups excluding carboxylic acids is 4. The lowest BCUT2D eigenvalue weighted by atomic mass is 10.0. The van der Waals surface area contributed by atoms with Crippen LogP contribution in [0.4, 0.5) is 17.1 Å². The van der Waals surface area contributed by atoms with Crippen molar-refractivity contribution in [2.75, 3.05) is 16.0 Å². The molecule has 0 radical (unpaired) electrons. The summed E-state index contributed by atoms with van der Waals surface area (Å²) in [5, 5.41) is 7.80. The normalized spacial score (nSPS) is 9.82. The molecule has 7 heteroatoms. The van der Waals surface area contributed by atoms with Crippen molar-refractivity contribution in [1.82, 2.24) is 0 Å². The van der Waals surface area contributed by atoms with Crippen LogP contribution in [0.3, 0.4) is 0 Å². The molecule has 0 saturated carbocycles. The van der Waals surface area contributed by atoms with E-state index in [9.17, 15) is 19.2 Å². The third-order valence-corrected chi connectivity index (χ3v) is 2.61. The largest absolute Gasteiger partial charge is 0.326 e. The van der Waals surface area contributed by atoms with Crippen LogP contribution in [-0.2, 0) is 25.6 Å². The lowest BCUT2D eigenvalue weighted by Gasteiger charge is -2.16. The first-order chi connectivity index (χ1) is 10.2. The molecule has 1 rings (SSSR count). The van der Waals surface area contributed by atoms with Crippen LogP contribution in [0.15, 0.2) is 12.1 Å². The molecule has 0 aliphatic heterocycles. The summed E-state index contributed by atoms with van der Waals surface area (Å²) in [5.41, 5.74) is 1.69. The van der Waals surface area contributed by atoms with Crippen LogP contribution in [-0.4, -0.2) is 23.5 Å². The third kappa shape index (κ3) is 5.35. The maximum atomic E-state index is 11.4. The Balaban J connectivity index is 3.39. The lowest BCUT2D eigenvalue weighted by molar-refractivity contribution is -0.116. The molecular weight excluding hydrogens is 286 g/mol. The van der Waals surface area contributed by atoms with Gasteiger partial charge in [0, 0.05) is 32.9 Å². The van der Waals surface area contributed by atoms with E-state index in [2.05, 4.69) is 16.0 Å². The van der Waals surface area contributed by atoms with E-state index in [1.54, 1.807) is 6.07 Å². The molecule has 3 amide bonds. The van der Waals surface area contributed by atoms with Gasteiger partial charge in [0.2, 0.25) is 17.7 Å².